The highest BCUT2D eigenvalue weighted by Gasteiger charge is 2.44. The first-order chi connectivity index (χ1) is 51.2. The maximum absolute atomic E-state index is 5.50. The molecule has 17 aromatic rings. The summed E-state index contributed by atoms with van der Waals surface area (Å²) in [4.78, 5) is 32.1. The summed E-state index contributed by atoms with van der Waals surface area (Å²) in [6.45, 7) is 6.79. The lowest BCUT2D eigenvalue weighted by Crippen LogP contribution is -2.61. The molecule has 9 heteroatoms. The molecule has 3 aromatic heterocycles. The average molecular weight is 1330 g/mol. The third-order valence-corrected chi connectivity index (χ3v) is 20.6. The van der Waals surface area contributed by atoms with Crippen molar-refractivity contribution in [1.82, 2.24) is 29.5 Å². The van der Waals surface area contributed by atoms with E-state index in [9.17, 15) is 0 Å². The Morgan fingerprint density at radius 3 is 1.11 bits per heavy atom. The number of anilines is 6. The van der Waals surface area contributed by atoms with Crippen LogP contribution in [0.15, 0.2) is 352 Å². The Labute approximate surface area is 605 Å². The van der Waals surface area contributed by atoms with Gasteiger partial charge in [0.05, 0.1) is 28.1 Å². The minimum absolute atomic E-state index is 0.104. The molecule has 490 valence electrons. The molecule has 0 unspecified atom stereocenters. The van der Waals surface area contributed by atoms with Crippen LogP contribution in [0.4, 0.5) is 34.1 Å². The topological polar surface area (TPSA) is 75.9 Å². The molecule has 104 heavy (non-hydrogen) atoms. The minimum atomic E-state index is -0.167. The van der Waals surface area contributed by atoms with Crippen LogP contribution in [-0.4, -0.2) is 36.2 Å². The molecule has 19 rings (SSSR count). The highest BCUT2D eigenvalue weighted by Crippen LogP contribution is 2.49. The van der Waals surface area contributed by atoms with Crippen molar-refractivity contribution in [3.05, 3.63) is 357 Å². The number of aromatic nitrogens is 6. The van der Waals surface area contributed by atoms with Crippen molar-refractivity contribution in [2.45, 2.75) is 26.2 Å². The van der Waals surface area contributed by atoms with E-state index >= 15 is 0 Å². The van der Waals surface area contributed by atoms with Gasteiger partial charge < -0.3 is 14.4 Å². The first-order valence-corrected chi connectivity index (χ1v) is 35.6. The van der Waals surface area contributed by atoms with Gasteiger partial charge in [-0.15, -0.1) is 0 Å². The zero-order chi connectivity index (χ0) is 69.4. The summed E-state index contributed by atoms with van der Waals surface area (Å²) >= 11 is 0. The monoisotopic (exact) mass is 1330 g/mol. The number of hydrogen-bond donors (Lipinski definition) is 0. The largest absolute Gasteiger partial charge is 0.311 e. The predicted octanol–water partition coefficient (Wildman–Crippen LogP) is 22.1. The molecule has 5 heterocycles. The Morgan fingerprint density at radius 2 is 0.635 bits per heavy atom. The second kappa shape index (κ2) is 25.4. The van der Waals surface area contributed by atoms with Crippen LogP contribution >= 0.6 is 0 Å². The molecule has 14 aromatic carbocycles. The van der Waals surface area contributed by atoms with Gasteiger partial charge in [0.25, 0.3) is 6.71 Å². The molecule has 2 aliphatic rings. The Morgan fingerprint density at radius 1 is 0.260 bits per heavy atom. The summed E-state index contributed by atoms with van der Waals surface area (Å²) in [6.07, 6.45) is 0. The predicted molar refractivity (Wildman–Crippen MR) is 431 cm³/mol. The smallest absolute Gasteiger partial charge is 0.252 e. The van der Waals surface area contributed by atoms with E-state index in [0.717, 1.165) is 129 Å². The number of fused-ring (bicyclic) bond motifs is 7. The highest BCUT2D eigenvalue weighted by atomic mass is 15.2. The normalized spacial score (nSPS) is 12.3. The van der Waals surface area contributed by atoms with E-state index in [1.54, 1.807) is 0 Å². The second-order valence-electron chi connectivity index (χ2n) is 28.0. The second-order valence-corrected chi connectivity index (χ2v) is 28.0. The van der Waals surface area contributed by atoms with Gasteiger partial charge in [0.2, 0.25) is 0 Å². The van der Waals surface area contributed by atoms with Crippen molar-refractivity contribution in [2.24, 2.45) is 0 Å². The van der Waals surface area contributed by atoms with E-state index in [1.165, 1.54) is 33.1 Å². The lowest BCUT2D eigenvalue weighted by atomic mass is 9.33. The van der Waals surface area contributed by atoms with Gasteiger partial charge in [0, 0.05) is 78.3 Å². The van der Waals surface area contributed by atoms with E-state index in [0.29, 0.717) is 23.3 Å². The van der Waals surface area contributed by atoms with Crippen molar-refractivity contribution < 1.29 is 0 Å². The van der Waals surface area contributed by atoms with E-state index in [1.807, 2.05) is 48.5 Å². The van der Waals surface area contributed by atoms with Crippen LogP contribution in [0, 0.1) is 0 Å². The molecular weight excluding hydrogens is 1260 g/mol. The highest BCUT2D eigenvalue weighted by molar-refractivity contribution is 7.00. The molecular formula is C95H67BN8. The van der Waals surface area contributed by atoms with E-state index in [2.05, 4.69) is 338 Å². The Kier molecular flexibility index (Phi) is 15.0. The first-order valence-electron chi connectivity index (χ1n) is 35.6. The SMILES string of the molecule is CC(C)(C)c1ccc2c(c1)c1cc(-c3cc4c5c(c3)N(c3ccccc3)c3cc(-c6ccccc6)ccc3B5c3ccc(-c5ccccc5)cc3N4c3ccccc3)ccc1n2-c1ccc(-c2nc(-c3ccccc3)cc(-c3ccccc3)n2)cc1-c1nc(-c2ccccc2)nc(-c2ccccc2)n1. The van der Waals surface area contributed by atoms with Crippen molar-refractivity contribution in [3.63, 3.8) is 0 Å². The first kappa shape index (κ1) is 61.7. The molecule has 0 aliphatic carbocycles. The maximum Gasteiger partial charge on any atom is 0.252 e. The maximum atomic E-state index is 5.50. The molecule has 0 spiro atoms. The van der Waals surface area contributed by atoms with Gasteiger partial charge in [0.1, 0.15) is 0 Å². The summed E-state index contributed by atoms with van der Waals surface area (Å²) in [6, 6.07) is 127. The Bertz CT molecular complexity index is 5860. The van der Waals surface area contributed by atoms with Gasteiger partial charge in [-0.3, -0.25) is 0 Å². The van der Waals surface area contributed by atoms with Gasteiger partial charge in [-0.25, -0.2) is 24.9 Å². The van der Waals surface area contributed by atoms with Crippen molar-refractivity contribution in [3.8, 4) is 107 Å². The van der Waals surface area contributed by atoms with Crippen molar-refractivity contribution >= 4 is 79.0 Å². The van der Waals surface area contributed by atoms with Gasteiger partial charge in [-0.05, 0) is 158 Å². The lowest BCUT2D eigenvalue weighted by molar-refractivity contribution is 0.591. The van der Waals surface area contributed by atoms with E-state index in [4.69, 9.17) is 24.9 Å². The van der Waals surface area contributed by atoms with E-state index in [-0.39, 0.29) is 12.1 Å². The van der Waals surface area contributed by atoms with Crippen molar-refractivity contribution in [2.75, 3.05) is 9.80 Å². The molecule has 0 saturated carbocycles. The van der Waals surface area contributed by atoms with Gasteiger partial charge in [-0.2, -0.15) is 0 Å². The third-order valence-electron chi connectivity index (χ3n) is 20.6. The fraction of sp³-hybridized carbons (Fsp3) is 0.0421. The zero-order valence-electron chi connectivity index (χ0n) is 57.6. The zero-order valence-corrected chi connectivity index (χ0v) is 57.6. The molecule has 0 fully saturated rings. The molecule has 0 radical (unpaired) electrons. The van der Waals surface area contributed by atoms with Crippen LogP contribution in [0.5, 0.6) is 0 Å². The summed E-state index contributed by atoms with van der Waals surface area (Å²) in [5.41, 5.74) is 28.3. The summed E-state index contributed by atoms with van der Waals surface area (Å²) in [7, 11) is 0. The molecule has 8 nitrogen and oxygen atoms in total. The van der Waals surface area contributed by atoms with Crippen LogP contribution in [0.3, 0.4) is 0 Å². The fourth-order valence-corrected chi connectivity index (χ4v) is 15.5. The summed E-state index contributed by atoms with van der Waals surface area (Å²) < 4.78 is 2.42. The molecule has 0 saturated heterocycles. The molecule has 0 atom stereocenters. The quantitative estimate of drug-likeness (QED) is 0.113. The van der Waals surface area contributed by atoms with Crippen LogP contribution in [0.1, 0.15) is 26.3 Å². The number of para-hydroxylation sites is 2. The van der Waals surface area contributed by atoms with Crippen LogP contribution in [0.25, 0.3) is 129 Å². The molecule has 0 N–H and O–H groups in total. The van der Waals surface area contributed by atoms with Gasteiger partial charge in [0.15, 0.2) is 23.3 Å². The number of hydrogen-bond acceptors (Lipinski definition) is 7. The van der Waals surface area contributed by atoms with Crippen LogP contribution < -0.4 is 26.2 Å². The lowest BCUT2D eigenvalue weighted by Gasteiger charge is -2.44. The minimum Gasteiger partial charge on any atom is -0.311 e. The van der Waals surface area contributed by atoms with E-state index < -0.39 is 0 Å². The molecule has 0 bridgehead atoms. The number of nitrogens with zero attached hydrogens (tertiary/aromatic N) is 8. The third kappa shape index (κ3) is 10.9. The summed E-state index contributed by atoms with van der Waals surface area (Å²) in [5.74, 6) is 2.21. The van der Waals surface area contributed by atoms with Gasteiger partial charge >= 0.3 is 0 Å². The van der Waals surface area contributed by atoms with Crippen LogP contribution in [-0.2, 0) is 5.41 Å². The van der Waals surface area contributed by atoms with Gasteiger partial charge in [-0.1, -0.05) is 276 Å². The van der Waals surface area contributed by atoms with Crippen molar-refractivity contribution in [1.29, 1.82) is 0 Å². The standard InChI is InChI=1S/C95H67BN8/c1-95(2,3)73-48-53-84-77(60-73)76-54-68(72-58-88-90-89(59-72)103(75-42-26-11-27-43-75)87-57-70(63-30-14-5-15-31-63)45-50-80(87)96(90)79-49-44-69(62-28-12-4-13-29-62)56-86(79)102(88)74-40-24-10-25-41-74)46-51-83(76)104(84)85-52-47-71(93-97-81(64-32-16-6-17-33-64)61-82(98-93)65-34-18-7-19-35-65)55-78(85)94-100-91(66-36-20-8-21-37-66)99-92(101-94)67-38-22-9-23-39-67/h4-61H,1-3H3. The number of benzene rings is 14. The fourth-order valence-electron chi connectivity index (χ4n) is 15.5. The molecule has 2 aliphatic heterocycles. The summed E-state index contributed by atoms with van der Waals surface area (Å²) in [5, 5.41) is 2.23. The Balaban J connectivity index is 0.871. The average Bonchev–Trinajstić information content (AvgIpc) is 0.730. The Hall–Kier alpha value is -13.4. The van der Waals surface area contributed by atoms with Crippen LogP contribution in [0.2, 0.25) is 0 Å². The number of rotatable bonds is 12. The molecule has 0 amide bonds.